The van der Waals surface area contributed by atoms with Crippen molar-refractivity contribution in [2.45, 2.75) is 30.2 Å². The van der Waals surface area contributed by atoms with Crippen LogP contribution in [0.1, 0.15) is 18.9 Å². The number of sulfone groups is 1. The molecule has 0 spiro atoms. The van der Waals surface area contributed by atoms with Crippen molar-refractivity contribution >= 4 is 32.3 Å². The zero-order valence-electron chi connectivity index (χ0n) is 15.5. The lowest BCUT2D eigenvalue weighted by Crippen LogP contribution is -2.31. The molecule has 0 bridgehead atoms. The minimum absolute atomic E-state index is 0.204. The van der Waals surface area contributed by atoms with Crippen molar-refractivity contribution in [3.8, 4) is 0 Å². The average Bonchev–Trinajstić information content (AvgIpc) is 3.10. The maximum Gasteiger partial charge on any atom is 0.501 e. The van der Waals surface area contributed by atoms with E-state index >= 15 is 0 Å². The molecule has 1 heterocycles. The van der Waals surface area contributed by atoms with Gasteiger partial charge < -0.3 is 9.88 Å². The molecule has 0 aliphatic heterocycles. The van der Waals surface area contributed by atoms with Gasteiger partial charge in [-0.3, -0.25) is 4.79 Å². The first-order chi connectivity index (χ1) is 13.6. The van der Waals surface area contributed by atoms with Gasteiger partial charge in [0.15, 0.2) is 0 Å². The van der Waals surface area contributed by atoms with E-state index in [1.165, 1.54) is 17.0 Å². The zero-order valence-corrected chi connectivity index (χ0v) is 16.3. The lowest BCUT2D eigenvalue weighted by atomic mass is 10.1. The number of anilines is 1. The highest BCUT2D eigenvalue weighted by molar-refractivity contribution is 7.92. The van der Waals surface area contributed by atoms with Gasteiger partial charge in [0.1, 0.15) is 0 Å². The Balaban J connectivity index is 1.74. The van der Waals surface area contributed by atoms with Crippen LogP contribution in [0.3, 0.4) is 0 Å². The lowest BCUT2D eigenvalue weighted by molar-refractivity contribution is -0.118. The SMILES string of the molecule is CCN(C(=O)CCc1c[nH]c2ccccc12)c1ccc(S(=O)(=O)C(F)(F)F)cc1. The molecule has 0 fully saturated rings. The highest BCUT2D eigenvalue weighted by Gasteiger charge is 2.46. The normalized spacial score (nSPS) is 12.3. The van der Waals surface area contributed by atoms with Gasteiger partial charge in [-0.1, -0.05) is 18.2 Å². The van der Waals surface area contributed by atoms with Gasteiger partial charge in [0.2, 0.25) is 5.91 Å². The summed E-state index contributed by atoms with van der Waals surface area (Å²) in [6.45, 7) is 2.04. The van der Waals surface area contributed by atoms with Crippen molar-refractivity contribution in [3.63, 3.8) is 0 Å². The molecule has 0 aliphatic carbocycles. The molecule has 0 unspecified atom stereocenters. The number of aromatic amines is 1. The number of aromatic nitrogens is 1. The number of H-pyrrole nitrogens is 1. The molecule has 0 radical (unpaired) electrons. The smallest absolute Gasteiger partial charge is 0.361 e. The van der Waals surface area contributed by atoms with Crippen LogP contribution < -0.4 is 4.90 Å². The first-order valence-corrected chi connectivity index (χ1v) is 10.4. The quantitative estimate of drug-likeness (QED) is 0.636. The Bertz CT molecular complexity index is 1120. The molecule has 1 N–H and O–H groups in total. The Morgan fingerprint density at radius 2 is 1.72 bits per heavy atom. The summed E-state index contributed by atoms with van der Waals surface area (Å²) in [5, 5.41) is 1.03. The topological polar surface area (TPSA) is 70.2 Å². The number of rotatable bonds is 6. The molecule has 0 saturated heterocycles. The Kier molecular flexibility index (Phi) is 5.70. The van der Waals surface area contributed by atoms with E-state index in [-0.39, 0.29) is 12.3 Å². The summed E-state index contributed by atoms with van der Waals surface area (Å²) in [6.07, 6.45) is 2.56. The fourth-order valence-electron chi connectivity index (χ4n) is 3.16. The number of amides is 1. The highest BCUT2D eigenvalue weighted by Crippen LogP contribution is 2.31. The van der Waals surface area contributed by atoms with Gasteiger partial charge in [0.05, 0.1) is 4.90 Å². The van der Waals surface area contributed by atoms with Gasteiger partial charge in [-0.25, -0.2) is 8.42 Å². The third-order valence-electron chi connectivity index (χ3n) is 4.66. The highest BCUT2D eigenvalue weighted by atomic mass is 32.2. The minimum atomic E-state index is -5.41. The van der Waals surface area contributed by atoms with Gasteiger partial charge >= 0.3 is 5.51 Å². The van der Waals surface area contributed by atoms with E-state index < -0.39 is 20.2 Å². The van der Waals surface area contributed by atoms with Gasteiger partial charge in [0, 0.05) is 35.8 Å². The first kappa shape index (κ1) is 20.9. The summed E-state index contributed by atoms with van der Waals surface area (Å²) in [6, 6.07) is 11.9. The predicted octanol–water partition coefficient (Wildman–Crippen LogP) is 4.45. The molecular formula is C20H19F3N2O3S. The molecule has 0 atom stereocenters. The average molecular weight is 424 g/mol. The second kappa shape index (κ2) is 7.90. The van der Waals surface area contributed by atoms with E-state index in [0.29, 0.717) is 18.7 Å². The van der Waals surface area contributed by atoms with Crippen molar-refractivity contribution < 1.29 is 26.4 Å². The Morgan fingerprint density at radius 1 is 1.07 bits per heavy atom. The molecule has 3 rings (SSSR count). The number of carbonyl (C=O) groups excluding carboxylic acids is 1. The number of nitrogens with one attached hydrogen (secondary N) is 1. The van der Waals surface area contributed by atoms with Gasteiger partial charge in [-0.2, -0.15) is 13.2 Å². The van der Waals surface area contributed by atoms with Crippen LogP contribution in [0.15, 0.2) is 59.6 Å². The molecular weight excluding hydrogens is 405 g/mol. The molecule has 0 saturated carbocycles. The van der Waals surface area contributed by atoms with Crippen LogP contribution in [0.2, 0.25) is 0 Å². The molecule has 9 heteroatoms. The Morgan fingerprint density at radius 3 is 2.34 bits per heavy atom. The predicted molar refractivity (Wildman–Crippen MR) is 104 cm³/mol. The number of carbonyl (C=O) groups is 1. The maximum absolute atomic E-state index is 12.7. The number of halogens is 3. The number of hydrogen-bond acceptors (Lipinski definition) is 3. The van der Waals surface area contributed by atoms with Crippen LogP contribution in [0, 0.1) is 0 Å². The van der Waals surface area contributed by atoms with E-state index in [0.717, 1.165) is 28.6 Å². The van der Waals surface area contributed by atoms with E-state index in [2.05, 4.69) is 4.98 Å². The van der Waals surface area contributed by atoms with Crippen LogP contribution >= 0.6 is 0 Å². The number of fused-ring (bicyclic) bond motifs is 1. The van der Waals surface area contributed by atoms with Crippen molar-refractivity contribution in [2.75, 3.05) is 11.4 Å². The van der Waals surface area contributed by atoms with Gasteiger partial charge in [-0.05, 0) is 49.2 Å². The number of alkyl halides is 3. The summed E-state index contributed by atoms with van der Waals surface area (Å²) in [7, 11) is -5.41. The number of aryl methyl sites for hydroxylation is 1. The Hall–Kier alpha value is -2.81. The number of benzene rings is 2. The molecule has 2 aromatic carbocycles. The van der Waals surface area contributed by atoms with E-state index in [9.17, 15) is 26.4 Å². The first-order valence-electron chi connectivity index (χ1n) is 8.92. The van der Waals surface area contributed by atoms with Crippen LogP contribution in [0.4, 0.5) is 18.9 Å². The van der Waals surface area contributed by atoms with Crippen LogP contribution in [0.25, 0.3) is 10.9 Å². The lowest BCUT2D eigenvalue weighted by Gasteiger charge is -2.21. The summed E-state index contributed by atoms with van der Waals surface area (Å²) in [5.74, 6) is -0.204. The summed E-state index contributed by atoms with van der Waals surface area (Å²) >= 11 is 0. The molecule has 5 nitrogen and oxygen atoms in total. The molecule has 1 amide bonds. The molecule has 29 heavy (non-hydrogen) atoms. The van der Waals surface area contributed by atoms with Gasteiger partial charge in [0.25, 0.3) is 9.84 Å². The molecule has 0 aliphatic rings. The van der Waals surface area contributed by atoms with E-state index in [4.69, 9.17) is 0 Å². The summed E-state index contributed by atoms with van der Waals surface area (Å²) in [5.41, 5.74) is -3.05. The third kappa shape index (κ3) is 4.14. The monoisotopic (exact) mass is 424 g/mol. The summed E-state index contributed by atoms with van der Waals surface area (Å²) in [4.78, 5) is 16.4. The van der Waals surface area contributed by atoms with Crippen LogP contribution in [0.5, 0.6) is 0 Å². The van der Waals surface area contributed by atoms with Crippen LogP contribution in [-0.2, 0) is 21.1 Å². The number of para-hydroxylation sites is 1. The number of nitrogens with zero attached hydrogens (tertiary/aromatic N) is 1. The second-order valence-electron chi connectivity index (χ2n) is 6.44. The largest absolute Gasteiger partial charge is 0.501 e. The van der Waals surface area contributed by atoms with Crippen molar-refractivity contribution in [3.05, 3.63) is 60.3 Å². The van der Waals surface area contributed by atoms with E-state index in [1.807, 2.05) is 30.5 Å². The second-order valence-corrected chi connectivity index (χ2v) is 8.38. The molecule has 154 valence electrons. The molecule has 3 aromatic rings. The standard InChI is InChI=1S/C20H19F3N2O3S/c1-2-25(15-8-10-16(11-9-15)29(27,28)20(21,22)23)19(26)12-7-14-13-24-18-6-4-3-5-17(14)18/h3-6,8-11,13,24H,2,7,12H2,1H3. The number of hydrogen-bond donors (Lipinski definition) is 1. The van der Waals surface area contributed by atoms with Crippen molar-refractivity contribution in [1.82, 2.24) is 4.98 Å². The van der Waals surface area contributed by atoms with Crippen LogP contribution in [-0.4, -0.2) is 31.4 Å². The van der Waals surface area contributed by atoms with E-state index in [1.54, 1.807) is 6.92 Å². The molecule has 1 aromatic heterocycles. The zero-order chi connectivity index (χ0) is 21.2. The fraction of sp³-hybridized carbons (Fsp3) is 0.250. The summed E-state index contributed by atoms with van der Waals surface area (Å²) < 4.78 is 60.9. The minimum Gasteiger partial charge on any atom is -0.361 e. The van der Waals surface area contributed by atoms with Crippen molar-refractivity contribution in [2.24, 2.45) is 0 Å². The third-order valence-corrected chi connectivity index (χ3v) is 6.17. The fourth-order valence-corrected chi connectivity index (χ4v) is 3.92. The Labute approximate surface area is 166 Å². The van der Waals surface area contributed by atoms with Gasteiger partial charge in [-0.15, -0.1) is 0 Å². The maximum atomic E-state index is 12.7. The van der Waals surface area contributed by atoms with Crippen molar-refractivity contribution in [1.29, 1.82) is 0 Å².